The van der Waals surface area contributed by atoms with Crippen LogP contribution in [-0.2, 0) is 17.9 Å². The van der Waals surface area contributed by atoms with Crippen LogP contribution in [-0.4, -0.2) is 37.5 Å². The van der Waals surface area contributed by atoms with Crippen LogP contribution in [0.2, 0.25) is 5.02 Å². The molecule has 0 aliphatic heterocycles. The smallest absolute Gasteiger partial charge is 0.390 e. The van der Waals surface area contributed by atoms with Crippen molar-refractivity contribution in [3.05, 3.63) is 51.3 Å². The lowest BCUT2D eigenvalue weighted by molar-refractivity contribution is -0.394. The maximum Gasteiger partial charge on any atom is 0.490 e. The summed E-state index contributed by atoms with van der Waals surface area (Å²) in [5.41, 5.74) is 0.822. The van der Waals surface area contributed by atoms with Gasteiger partial charge in [-0.15, -0.1) is 0 Å². The fourth-order valence-electron chi connectivity index (χ4n) is 1.65. The summed E-state index contributed by atoms with van der Waals surface area (Å²) in [5.74, 6) is -0.501. The summed E-state index contributed by atoms with van der Waals surface area (Å²) in [7, 11) is 0. The minimum absolute atomic E-state index is 0.0544. The number of aromatic nitrogens is 3. The van der Waals surface area contributed by atoms with Crippen molar-refractivity contribution in [3.63, 3.8) is 0 Å². The Morgan fingerprint density at radius 3 is 2.90 bits per heavy atom. The van der Waals surface area contributed by atoms with Crippen molar-refractivity contribution in [1.82, 2.24) is 14.8 Å². The van der Waals surface area contributed by atoms with Crippen LogP contribution in [0.1, 0.15) is 5.56 Å². The topological polar surface area (TPSA) is 103 Å². The molecule has 112 valence electrons. The fourth-order valence-corrected chi connectivity index (χ4v) is 1.84. The fraction of sp³-hybridized carbons (Fsp3) is 0.333. The number of nitro groups is 1. The first kappa shape index (κ1) is 15.4. The number of ether oxygens (including phenoxy) is 1. The number of benzene rings is 1. The van der Waals surface area contributed by atoms with E-state index >= 15 is 0 Å². The molecule has 1 N–H and O–H groups in total. The van der Waals surface area contributed by atoms with Crippen molar-refractivity contribution in [2.75, 3.05) is 6.61 Å². The van der Waals surface area contributed by atoms with Crippen LogP contribution in [0, 0.1) is 10.1 Å². The Hall–Kier alpha value is -2.03. The van der Waals surface area contributed by atoms with Gasteiger partial charge in [0, 0.05) is 10.1 Å². The highest BCUT2D eigenvalue weighted by molar-refractivity contribution is 6.31. The first-order valence-corrected chi connectivity index (χ1v) is 6.47. The molecule has 0 bridgehead atoms. The Balaban J connectivity index is 1.78. The van der Waals surface area contributed by atoms with Gasteiger partial charge in [-0.25, -0.2) is 0 Å². The normalized spacial score (nSPS) is 12.3. The van der Waals surface area contributed by atoms with Gasteiger partial charge >= 0.3 is 5.95 Å². The number of nitrogens with zero attached hydrogens (tertiary/aromatic N) is 4. The summed E-state index contributed by atoms with van der Waals surface area (Å²) in [6, 6.07) is 7.24. The molecule has 0 fully saturated rings. The zero-order valence-electron chi connectivity index (χ0n) is 10.9. The van der Waals surface area contributed by atoms with Crippen LogP contribution in [0.25, 0.3) is 0 Å². The van der Waals surface area contributed by atoms with Crippen molar-refractivity contribution in [2.24, 2.45) is 0 Å². The lowest BCUT2D eigenvalue weighted by Gasteiger charge is -2.10. The number of hydrogen-bond donors (Lipinski definition) is 1. The number of halogens is 1. The van der Waals surface area contributed by atoms with E-state index in [4.69, 9.17) is 16.3 Å². The zero-order valence-corrected chi connectivity index (χ0v) is 11.7. The highest BCUT2D eigenvalue weighted by Crippen LogP contribution is 2.15. The average molecular weight is 313 g/mol. The standard InChI is InChI=1S/C12H13ClN4O4/c13-11-4-2-1-3-9(11)6-21-7-10(18)5-16-8-14-12(15-16)17(19)20/h1-4,8,10,18H,5-7H2/t10-/m0/s1. The third-order valence-corrected chi connectivity index (χ3v) is 2.98. The monoisotopic (exact) mass is 312 g/mol. The molecule has 0 amide bonds. The van der Waals surface area contributed by atoms with Gasteiger partial charge in [0.2, 0.25) is 6.33 Å². The van der Waals surface area contributed by atoms with E-state index in [0.717, 1.165) is 5.56 Å². The average Bonchev–Trinajstić information content (AvgIpc) is 2.89. The molecule has 0 unspecified atom stereocenters. The molecule has 0 aliphatic rings. The molecule has 2 rings (SSSR count). The molecule has 1 aromatic carbocycles. The molecule has 1 aromatic heterocycles. The third kappa shape index (κ3) is 4.48. The molecule has 0 aliphatic carbocycles. The molecule has 0 radical (unpaired) electrons. The molecule has 8 nitrogen and oxygen atoms in total. The SMILES string of the molecule is O=[N+]([O-])c1ncn(C[C@H](O)COCc2ccccc2Cl)n1. The van der Waals surface area contributed by atoms with E-state index in [1.807, 2.05) is 18.2 Å². The minimum Gasteiger partial charge on any atom is -0.390 e. The van der Waals surface area contributed by atoms with E-state index in [1.54, 1.807) is 6.07 Å². The maximum absolute atomic E-state index is 10.4. The predicted octanol–water partition coefficient (Wildman–Crippen LogP) is 1.42. The van der Waals surface area contributed by atoms with Gasteiger partial charge in [-0.2, -0.15) is 4.68 Å². The van der Waals surface area contributed by atoms with Crippen molar-refractivity contribution in [2.45, 2.75) is 19.3 Å². The van der Waals surface area contributed by atoms with Gasteiger partial charge in [0.25, 0.3) is 0 Å². The molecule has 2 aromatic rings. The molecular formula is C12H13ClN4O4. The van der Waals surface area contributed by atoms with Gasteiger partial charge in [0.05, 0.1) is 25.9 Å². The summed E-state index contributed by atoms with van der Waals surface area (Å²) < 4.78 is 6.56. The van der Waals surface area contributed by atoms with Gasteiger partial charge in [-0.3, -0.25) is 0 Å². The highest BCUT2D eigenvalue weighted by atomic mass is 35.5. The van der Waals surface area contributed by atoms with Crippen LogP contribution in [0.4, 0.5) is 5.95 Å². The van der Waals surface area contributed by atoms with Gasteiger partial charge in [0.15, 0.2) is 0 Å². The largest absolute Gasteiger partial charge is 0.490 e. The van der Waals surface area contributed by atoms with Crippen molar-refractivity contribution >= 4 is 17.5 Å². The van der Waals surface area contributed by atoms with Gasteiger partial charge in [0.1, 0.15) is 0 Å². The summed E-state index contributed by atoms with van der Waals surface area (Å²) >= 11 is 5.97. The summed E-state index contributed by atoms with van der Waals surface area (Å²) in [5, 5.41) is 24.4. The lowest BCUT2D eigenvalue weighted by atomic mass is 10.2. The minimum atomic E-state index is -0.853. The quantitative estimate of drug-likeness (QED) is 0.612. The lowest BCUT2D eigenvalue weighted by Crippen LogP contribution is -2.22. The van der Waals surface area contributed by atoms with Gasteiger partial charge in [-0.05, 0) is 16.6 Å². The van der Waals surface area contributed by atoms with Crippen molar-refractivity contribution in [1.29, 1.82) is 0 Å². The number of aliphatic hydroxyl groups is 1. The van der Waals surface area contributed by atoms with Crippen LogP contribution in [0.15, 0.2) is 30.6 Å². The van der Waals surface area contributed by atoms with E-state index in [9.17, 15) is 15.2 Å². The molecule has 9 heteroatoms. The molecule has 1 atom stereocenters. The second-order valence-electron chi connectivity index (χ2n) is 4.28. The number of rotatable bonds is 7. The highest BCUT2D eigenvalue weighted by Gasteiger charge is 2.15. The Morgan fingerprint density at radius 2 is 2.24 bits per heavy atom. The summed E-state index contributed by atoms with van der Waals surface area (Å²) in [4.78, 5) is 13.2. The maximum atomic E-state index is 10.4. The van der Waals surface area contributed by atoms with E-state index in [1.165, 1.54) is 11.0 Å². The summed E-state index contributed by atoms with van der Waals surface area (Å²) in [6.07, 6.45) is 0.337. The molecule has 1 heterocycles. The van der Waals surface area contributed by atoms with E-state index in [2.05, 4.69) is 10.1 Å². The molecule has 21 heavy (non-hydrogen) atoms. The third-order valence-electron chi connectivity index (χ3n) is 2.61. The van der Waals surface area contributed by atoms with E-state index in [0.29, 0.717) is 5.02 Å². The Labute approximate surface area is 125 Å². The van der Waals surface area contributed by atoms with E-state index < -0.39 is 17.0 Å². The first-order chi connectivity index (χ1) is 10.1. The zero-order chi connectivity index (χ0) is 15.2. The van der Waals surface area contributed by atoms with Gasteiger partial charge in [-0.1, -0.05) is 34.8 Å². The number of aliphatic hydroxyl groups excluding tert-OH is 1. The van der Waals surface area contributed by atoms with Crippen molar-refractivity contribution in [3.8, 4) is 0 Å². The second kappa shape index (κ2) is 7.11. The molecule has 0 saturated carbocycles. The van der Waals surface area contributed by atoms with Crippen LogP contribution in [0.5, 0.6) is 0 Å². The van der Waals surface area contributed by atoms with Crippen LogP contribution < -0.4 is 0 Å². The Bertz CT molecular complexity index is 619. The van der Waals surface area contributed by atoms with E-state index in [-0.39, 0.29) is 19.8 Å². The van der Waals surface area contributed by atoms with Gasteiger partial charge < -0.3 is 20.0 Å². The first-order valence-electron chi connectivity index (χ1n) is 6.09. The van der Waals surface area contributed by atoms with Crippen molar-refractivity contribution < 1.29 is 14.8 Å². The second-order valence-corrected chi connectivity index (χ2v) is 4.69. The Morgan fingerprint density at radius 1 is 1.48 bits per heavy atom. The van der Waals surface area contributed by atoms with Crippen LogP contribution >= 0.6 is 11.6 Å². The summed E-state index contributed by atoms with van der Waals surface area (Å²) in [6.45, 7) is 0.385. The Kier molecular flexibility index (Phi) is 5.20. The predicted molar refractivity (Wildman–Crippen MR) is 73.8 cm³/mol. The molecular weight excluding hydrogens is 300 g/mol. The molecule has 0 saturated heterocycles. The molecule has 0 spiro atoms. The van der Waals surface area contributed by atoms with Crippen LogP contribution in [0.3, 0.4) is 0 Å². The number of hydrogen-bond acceptors (Lipinski definition) is 6.